The molecule has 0 saturated heterocycles. The predicted octanol–water partition coefficient (Wildman–Crippen LogP) is 2.17. The first kappa shape index (κ1) is 11.0. The summed E-state index contributed by atoms with van der Waals surface area (Å²) in [5.41, 5.74) is 6.19. The fourth-order valence-electron chi connectivity index (χ4n) is 0.990. The van der Waals surface area contributed by atoms with Crippen molar-refractivity contribution in [1.82, 2.24) is 9.97 Å². The van der Waals surface area contributed by atoms with E-state index in [1.54, 1.807) is 0 Å². The van der Waals surface area contributed by atoms with Crippen LogP contribution >= 0.6 is 11.6 Å². The van der Waals surface area contributed by atoms with E-state index in [4.69, 9.17) is 17.3 Å². The van der Waals surface area contributed by atoms with E-state index in [9.17, 15) is 0 Å². The SMILES string of the molecule is CC(C)CCNc1nc(Cl)ncc1N. The molecule has 1 heterocycles. The van der Waals surface area contributed by atoms with Crippen molar-refractivity contribution in [3.05, 3.63) is 11.5 Å². The highest BCUT2D eigenvalue weighted by Crippen LogP contribution is 2.15. The molecule has 5 heteroatoms. The number of anilines is 2. The molecule has 1 rings (SSSR count). The summed E-state index contributed by atoms with van der Waals surface area (Å²) >= 11 is 5.64. The minimum absolute atomic E-state index is 0.214. The zero-order chi connectivity index (χ0) is 10.6. The van der Waals surface area contributed by atoms with Crippen LogP contribution in [0.1, 0.15) is 20.3 Å². The van der Waals surface area contributed by atoms with Crippen molar-refractivity contribution in [1.29, 1.82) is 0 Å². The number of hydrogen-bond acceptors (Lipinski definition) is 4. The average Bonchev–Trinajstić information content (AvgIpc) is 2.10. The Morgan fingerprint density at radius 2 is 2.29 bits per heavy atom. The van der Waals surface area contributed by atoms with Crippen LogP contribution in [0, 0.1) is 5.92 Å². The summed E-state index contributed by atoms with van der Waals surface area (Å²) in [6.45, 7) is 5.17. The molecule has 0 amide bonds. The van der Waals surface area contributed by atoms with Crippen LogP contribution in [-0.4, -0.2) is 16.5 Å². The molecule has 0 radical (unpaired) electrons. The fourth-order valence-corrected chi connectivity index (χ4v) is 1.12. The largest absolute Gasteiger partial charge is 0.394 e. The Labute approximate surface area is 88.9 Å². The molecule has 0 fully saturated rings. The summed E-state index contributed by atoms with van der Waals surface area (Å²) in [5, 5.41) is 3.34. The standard InChI is InChI=1S/C9H15ClN4/c1-6(2)3-4-12-8-7(11)5-13-9(10)14-8/h5-6H,3-4,11H2,1-2H3,(H,12,13,14). The molecule has 0 spiro atoms. The number of nitrogen functional groups attached to an aromatic ring is 1. The third-order valence-electron chi connectivity index (χ3n) is 1.80. The summed E-state index contributed by atoms with van der Waals surface area (Å²) in [6, 6.07) is 0. The average molecular weight is 215 g/mol. The Morgan fingerprint density at radius 3 is 2.93 bits per heavy atom. The van der Waals surface area contributed by atoms with Crippen LogP contribution in [0.25, 0.3) is 0 Å². The molecule has 0 saturated carbocycles. The van der Waals surface area contributed by atoms with Gasteiger partial charge >= 0.3 is 0 Å². The van der Waals surface area contributed by atoms with Gasteiger partial charge in [-0.15, -0.1) is 0 Å². The van der Waals surface area contributed by atoms with Gasteiger partial charge in [0, 0.05) is 6.54 Å². The highest BCUT2D eigenvalue weighted by Gasteiger charge is 2.02. The first-order valence-corrected chi connectivity index (χ1v) is 4.99. The van der Waals surface area contributed by atoms with Crippen LogP contribution in [0.15, 0.2) is 6.20 Å². The van der Waals surface area contributed by atoms with Crippen LogP contribution in [0.2, 0.25) is 5.28 Å². The van der Waals surface area contributed by atoms with Gasteiger partial charge in [-0.3, -0.25) is 0 Å². The Balaban J connectivity index is 2.53. The van der Waals surface area contributed by atoms with Crippen LogP contribution in [0.4, 0.5) is 11.5 Å². The third-order valence-corrected chi connectivity index (χ3v) is 1.98. The molecular weight excluding hydrogens is 200 g/mol. The second-order valence-electron chi connectivity index (χ2n) is 3.55. The summed E-state index contributed by atoms with van der Waals surface area (Å²) in [7, 11) is 0. The summed E-state index contributed by atoms with van der Waals surface area (Å²) in [6.07, 6.45) is 2.58. The first-order valence-electron chi connectivity index (χ1n) is 4.61. The lowest BCUT2D eigenvalue weighted by molar-refractivity contribution is 0.606. The smallest absolute Gasteiger partial charge is 0.224 e. The molecule has 78 valence electrons. The molecule has 4 nitrogen and oxygen atoms in total. The van der Waals surface area contributed by atoms with Gasteiger partial charge in [0.2, 0.25) is 5.28 Å². The van der Waals surface area contributed by atoms with E-state index in [-0.39, 0.29) is 5.28 Å². The van der Waals surface area contributed by atoms with Crippen molar-refractivity contribution < 1.29 is 0 Å². The Bertz CT molecular complexity index is 301. The summed E-state index contributed by atoms with van der Waals surface area (Å²) in [4.78, 5) is 7.76. The normalized spacial score (nSPS) is 10.6. The van der Waals surface area contributed by atoms with E-state index in [1.165, 1.54) is 6.20 Å². The summed E-state index contributed by atoms with van der Waals surface area (Å²) in [5.74, 6) is 1.27. The summed E-state index contributed by atoms with van der Waals surface area (Å²) < 4.78 is 0. The first-order chi connectivity index (χ1) is 6.59. The second kappa shape index (κ2) is 5.00. The molecule has 0 bridgehead atoms. The second-order valence-corrected chi connectivity index (χ2v) is 3.89. The molecule has 3 N–H and O–H groups in total. The Kier molecular flexibility index (Phi) is 3.95. The van der Waals surface area contributed by atoms with Gasteiger partial charge in [-0.1, -0.05) is 13.8 Å². The van der Waals surface area contributed by atoms with E-state index >= 15 is 0 Å². The molecule has 0 aliphatic rings. The fraction of sp³-hybridized carbons (Fsp3) is 0.556. The van der Waals surface area contributed by atoms with E-state index < -0.39 is 0 Å². The van der Waals surface area contributed by atoms with Gasteiger partial charge < -0.3 is 11.1 Å². The van der Waals surface area contributed by atoms with Gasteiger partial charge in [-0.2, -0.15) is 4.98 Å². The number of hydrogen-bond donors (Lipinski definition) is 2. The van der Waals surface area contributed by atoms with Crippen molar-refractivity contribution >= 4 is 23.1 Å². The Morgan fingerprint density at radius 1 is 1.57 bits per heavy atom. The predicted molar refractivity (Wildman–Crippen MR) is 59.4 cm³/mol. The number of nitrogens with one attached hydrogen (secondary N) is 1. The molecule has 14 heavy (non-hydrogen) atoms. The minimum atomic E-state index is 0.214. The van der Waals surface area contributed by atoms with Gasteiger partial charge in [-0.25, -0.2) is 4.98 Å². The van der Waals surface area contributed by atoms with Gasteiger partial charge in [0.15, 0.2) is 5.82 Å². The number of nitrogens with zero attached hydrogens (tertiary/aromatic N) is 2. The monoisotopic (exact) mass is 214 g/mol. The van der Waals surface area contributed by atoms with Crippen LogP contribution < -0.4 is 11.1 Å². The number of aromatic nitrogens is 2. The van der Waals surface area contributed by atoms with Gasteiger partial charge in [-0.05, 0) is 23.9 Å². The quantitative estimate of drug-likeness (QED) is 0.755. The molecular formula is C9H15ClN4. The molecule has 0 unspecified atom stereocenters. The zero-order valence-corrected chi connectivity index (χ0v) is 9.17. The maximum atomic E-state index is 5.66. The van der Waals surface area contributed by atoms with Gasteiger partial charge in [0.25, 0.3) is 0 Å². The highest BCUT2D eigenvalue weighted by atomic mass is 35.5. The molecule has 0 aliphatic heterocycles. The lowest BCUT2D eigenvalue weighted by atomic mass is 10.1. The van der Waals surface area contributed by atoms with Crippen LogP contribution in [-0.2, 0) is 0 Å². The topological polar surface area (TPSA) is 63.8 Å². The highest BCUT2D eigenvalue weighted by molar-refractivity contribution is 6.28. The minimum Gasteiger partial charge on any atom is -0.394 e. The van der Waals surface area contributed by atoms with E-state index in [0.29, 0.717) is 17.4 Å². The lowest BCUT2D eigenvalue weighted by Crippen LogP contribution is -2.08. The Hall–Kier alpha value is -1.03. The maximum absolute atomic E-state index is 5.66. The molecule has 0 atom stereocenters. The molecule has 0 aliphatic carbocycles. The van der Waals surface area contributed by atoms with Crippen molar-refractivity contribution in [3.63, 3.8) is 0 Å². The molecule has 0 aromatic carbocycles. The number of nitrogens with two attached hydrogens (primary N) is 1. The van der Waals surface area contributed by atoms with Gasteiger partial charge in [0.05, 0.1) is 11.9 Å². The number of halogens is 1. The van der Waals surface area contributed by atoms with Crippen LogP contribution in [0.5, 0.6) is 0 Å². The third kappa shape index (κ3) is 3.38. The van der Waals surface area contributed by atoms with Crippen molar-refractivity contribution in [2.75, 3.05) is 17.6 Å². The number of rotatable bonds is 4. The van der Waals surface area contributed by atoms with E-state index in [2.05, 4.69) is 29.1 Å². The van der Waals surface area contributed by atoms with Crippen LogP contribution in [0.3, 0.4) is 0 Å². The maximum Gasteiger partial charge on any atom is 0.224 e. The molecule has 1 aromatic heterocycles. The van der Waals surface area contributed by atoms with Crippen molar-refractivity contribution in [3.8, 4) is 0 Å². The van der Waals surface area contributed by atoms with E-state index in [1.807, 2.05) is 0 Å². The van der Waals surface area contributed by atoms with Crippen molar-refractivity contribution in [2.45, 2.75) is 20.3 Å². The van der Waals surface area contributed by atoms with E-state index in [0.717, 1.165) is 13.0 Å². The van der Waals surface area contributed by atoms with Gasteiger partial charge in [0.1, 0.15) is 0 Å². The molecule has 1 aromatic rings. The lowest BCUT2D eigenvalue weighted by Gasteiger charge is -2.09. The van der Waals surface area contributed by atoms with Crippen molar-refractivity contribution in [2.24, 2.45) is 5.92 Å². The zero-order valence-electron chi connectivity index (χ0n) is 8.42.